The van der Waals surface area contributed by atoms with E-state index in [1.165, 1.54) is 18.5 Å². The summed E-state index contributed by atoms with van der Waals surface area (Å²) in [4.78, 5) is 24.6. The SMILES string of the molecule is C=S1(=O)CCC(c2cc3c(C)ncnc3n(CCCCCC(C)(O)CN3CCC(C(F)(F)c4cccc(C(C)C)c4F)CC3)c2=O)CC1. The highest BCUT2D eigenvalue weighted by Crippen LogP contribution is 2.43. The lowest BCUT2D eigenvalue weighted by Gasteiger charge is -2.39. The van der Waals surface area contributed by atoms with Crippen LogP contribution in [0, 0.1) is 18.7 Å². The van der Waals surface area contributed by atoms with E-state index in [1.807, 2.05) is 17.9 Å². The summed E-state index contributed by atoms with van der Waals surface area (Å²) in [5.74, 6) is -0.236. The molecule has 1 atom stereocenters. The summed E-state index contributed by atoms with van der Waals surface area (Å²) in [5.41, 5.74) is 0.906. The number of β-amino-alcohol motifs (C(OH)–C–C–N with tert-alkyl or cyclic N) is 1. The summed E-state index contributed by atoms with van der Waals surface area (Å²) in [6.45, 7) is 9.00. The van der Waals surface area contributed by atoms with Crippen LogP contribution in [0.5, 0.6) is 0 Å². The van der Waals surface area contributed by atoms with Crippen LogP contribution in [0.3, 0.4) is 0 Å². The van der Waals surface area contributed by atoms with E-state index < -0.39 is 38.3 Å². The van der Waals surface area contributed by atoms with Gasteiger partial charge in [-0.1, -0.05) is 44.9 Å². The highest BCUT2D eigenvalue weighted by Gasteiger charge is 2.45. The highest BCUT2D eigenvalue weighted by molar-refractivity contribution is 8.00. The normalized spacial score (nSPS) is 22.7. The zero-order valence-corrected chi connectivity index (χ0v) is 29.6. The van der Waals surface area contributed by atoms with Crippen molar-refractivity contribution in [2.75, 3.05) is 31.1 Å². The predicted octanol–water partition coefficient (Wildman–Crippen LogP) is 6.77. The zero-order valence-electron chi connectivity index (χ0n) is 28.8. The number of alkyl halides is 2. The number of hydrogen-bond acceptors (Lipinski definition) is 6. The molecule has 3 aromatic rings. The summed E-state index contributed by atoms with van der Waals surface area (Å²) in [7, 11) is -2.06. The second-order valence-electron chi connectivity index (χ2n) is 14.7. The van der Waals surface area contributed by atoms with Gasteiger partial charge in [0.15, 0.2) is 0 Å². The third-order valence-corrected chi connectivity index (χ3v) is 12.5. The van der Waals surface area contributed by atoms with Crippen LogP contribution in [-0.4, -0.2) is 71.4 Å². The van der Waals surface area contributed by atoms with Crippen molar-refractivity contribution in [3.63, 3.8) is 0 Å². The Kier molecular flexibility index (Phi) is 11.1. The van der Waals surface area contributed by atoms with Crippen LogP contribution in [0.1, 0.15) is 106 Å². The fourth-order valence-electron chi connectivity index (χ4n) is 7.54. The number of rotatable bonds is 12. The molecule has 1 unspecified atom stereocenters. The van der Waals surface area contributed by atoms with Gasteiger partial charge in [-0.2, -0.15) is 0 Å². The van der Waals surface area contributed by atoms with E-state index >= 15 is 13.2 Å². The molecule has 2 saturated heterocycles. The molecular formula is C37H51F3N4O3S. The maximum atomic E-state index is 15.5. The molecule has 1 aromatic carbocycles. The van der Waals surface area contributed by atoms with Crippen LogP contribution < -0.4 is 5.56 Å². The lowest BCUT2D eigenvalue weighted by atomic mass is 9.84. The van der Waals surface area contributed by atoms with Gasteiger partial charge in [-0.3, -0.25) is 13.6 Å². The van der Waals surface area contributed by atoms with Gasteiger partial charge in [-0.25, -0.2) is 23.1 Å². The van der Waals surface area contributed by atoms with E-state index in [9.17, 15) is 14.1 Å². The van der Waals surface area contributed by atoms with Gasteiger partial charge in [0.25, 0.3) is 11.5 Å². The molecule has 2 aliphatic rings. The summed E-state index contributed by atoms with van der Waals surface area (Å²) < 4.78 is 60.2. The lowest BCUT2D eigenvalue weighted by molar-refractivity contribution is -0.0934. The first-order chi connectivity index (χ1) is 22.6. The summed E-state index contributed by atoms with van der Waals surface area (Å²) in [6, 6.07) is 6.22. The molecule has 1 N–H and O–H groups in total. The maximum Gasteiger partial charge on any atom is 0.278 e. The van der Waals surface area contributed by atoms with Crippen LogP contribution in [0.25, 0.3) is 11.0 Å². The zero-order chi connectivity index (χ0) is 34.9. The average Bonchev–Trinajstić information content (AvgIpc) is 3.02. The van der Waals surface area contributed by atoms with Gasteiger partial charge >= 0.3 is 0 Å². The molecule has 0 radical (unpaired) electrons. The largest absolute Gasteiger partial charge is 0.389 e. The minimum atomic E-state index is -3.26. The molecule has 0 saturated carbocycles. The van der Waals surface area contributed by atoms with Crippen LogP contribution in [-0.2, 0) is 22.0 Å². The Labute approximate surface area is 283 Å². The van der Waals surface area contributed by atoms with Gasteiger partial charge in [0, 0.05) is 41.5 Å². The molecule has 0 amide bonds. The van der Waals surface area contributed by atoms with Crippen molar-refractivity contribution in [3.05, 3.63) is 69.1 Å². The van der Waals surface area contributed by atoms with E-state index in [0.29, 0.717) is 68.2 Å². The first-order valence-corrected chi connectivity index (χ1v) is 19.5. The molecule has 2 aliphatic heterocycles. The quantitative estimate of drug-likeness (QED) is 0.167. The second-order valence-corrected chi connectivity index (χ2v) is 17.5. The number of hydrogen-bond donors (Lipinski definition) is 1. The van der Waals surface area contributed by atoms with E-state index in [4.69, 9.17) is 0 Å². The van der Waals surface area contributed by atoms with Crippen LogP contribution in [0.15, 0.2) is 35.4 Å². The third kappa shape index (κ3) is 8.16. The molecule has 264 valence electrons. The Bertz CT molecular complexity index is 1750. The van der Waals surface area contributed by atoms with Crippen molar-refractivity contribution in [2.24, 2.45) is 5.92 Å². The molecule has 11 heteroatoms. The first kappa shape index (κ1) is 36.5. The van der Waals surface area contributed by atoms with Gasteiger partial charge in [-0.05, 0) is 104 Å². The topological polar surface area (TPSA) is 88.3 Å². The molecule has 7 nitrogen and oxygen atoms in total. The molecule has 0 aliphatic carbocycles. The number of likely N-dealkylation sites (tertiary alicyclic amines) is 1. The lowest BCUT2D eigenvalue weighted by Crippen LogP contribution is -2.46. The molecule has 5 rings (SSSR count). The number of fused-ring (bicyclic) bond motifs is 1. The number of aliphatic hydroxyl groups is 1. The van der Waals surface area contributed by atoms with E-state index in [-0.39, 0.29) is 30.2 Å². The Morgan fingerprint density at radius 2 is 1.77 bits per heavy atom. The number of unbranched alkanes of at least 4 members (excludes halogenated alkanes) is 2. The van der Waals surface area contributed by atoms with Crippen molar-refractivity contribution < 1.29 is 22.5 Å². The number of aryl methyl sites for hydroxylation is 2. The number of pyridine rings is 1. The van der Waals surface area contributed by atoms with Crippen LogP contribution in [0.4, 0.5) is 13.2 Å². The summed E-state index contributed by atoms with van der Waals surface area (Å²) in [5, 5.41) is 12.1. The highest BCUT2D eigenvalue weighted by atomic mass is 32.2. The number of halogens is 3. The first-order valence-electron chi connectivity index (χ1n) is 17.4. The van der Waals surface area contributed by atoms with E-state index in [0.717, 1.165) is 35.9 Å². The van der Waals surface area contributed by atoms with Gasteiger partial charge < -0.3 is 10.0 Å². The Morgan fingerprint density at radius 1 is 1.08 bits per heavy atom. The Morgan fingerprint density at radius 3 is 2.44 bits per heavy atom. The van der Waals surface area contributed by atoms with E-state index in [1.54, 1.807) is 31.4 Å². The minimum Gasteiger partial charge on any atom is -0.389 e. The van der Waals surface area contributed by atoms with Gasteiger partial charge in [-0.15, -0.1) is 0 Å². The summed E-state index contributed by atoms with van der Waals surface area (Å²) in [6.07, 6.45) is 6.10. The van der Waals surface area contributed by atoms with Crippen LogP contribution in [0.2, 0.25) is 0 Å². The number of nitrogens with zero attached hydrogens (tertiary/aromatic N) is 4. The van der Waals surface area contributed by atoms with Gasteiger partial charge in [0.05, 0.1) is 16.9 Å². The van der Waals surface area contributed by atoms with Crippen molar-refractivity contribution in [1.82, 2.24) is 19.4 Å². The standard InChI is InChI=1S/C37H51F3N4O3S/c1-25(2)29-10-9-11-32(33(29)38)37(39,40)28-12-18-43(19-13-28)23-36(4,46)16-7-6-8-17-44-34-30(26(3)41-24-42-34)22-31(35(44)45)27-14-20-48(5,47)21-15-27/h9-11,22,24-25,27-28,46H,5-8,12-21,23H2,1-4H3. The van der Waals surface area contributed by atoms with Crippen LogP contribution >= 0.6 is 0 Å². The molecule has 2 aromatic heterocycles. The Balaban J connectivity index is 1.14. The molecule has 0 bridgehead atoms. The fraction of sp³-hybridized carbons (Fsp3) is 0.622. The maximum absolute atomic E-state index is 15.5. The Hall–Kier alpha value is -2.76. The molecular weight excluding hydrogens is 637 g/mol. The minimum absolute atomic E-state index is 0.0349. The third-order valence-electron chi connectivity index (χ3n) is 10.5. The van der Waals surface area contributed by atoms with Crippen molar-refractivity contribution in [3.8, 4) is 0 Å². The molecule has 48 heavy (non-hydrogen) atoms. The van der Waals surface area contributed by atoms with Gasteiger partial charge in [0.2, 0.25) is 0 Å². The average molecular weight is 689 g/mol. The van der Waals surface area contributed by atoms with Gasteiger partial charge in [0.1, 0.15) is 17.8 Å². The van der Waals surface area contributed by atoms with Crippen molar-refractivity contribution in [1.29, 1.82) is 0 Å². The van der Waals surface area contributed by atoms with Crippen molar-refractivity contribution in [2.45, 2.75) is 109 Å². The second kappa shape index (κ2) is 14.6. The molecule has 4 heterocycles. The smallest absolute Gasteiger partial charge is 0.278 e. The predicted molar refractivity (Wildman–Crippen MR) is 188 cm³/mol. The monoisotopic (exact) mass is 688 g/mol. The van der Waals surface area contributed by atoms with Crippen molar-refractivity contribution >= 4 is 26.4 Å². The summed E-state index contributed by atoms with van der Waals surface area (Å²) >= 11 is 0. The number of benzene rings is 1. The molecule has 0 spiro atoms. The molecule has 2 fully saturated rings. The number of piperidine rings is 1. The number of aromatic nitrogens is 3. The fourth-order valence-corrected chi connectivity index (χ4v) is 9.17. The van der Waals surface area contributed by atoms with E-state index in [2.05, 4.69) is 15.8 Å².